The summed E-state index contributed by atoms with van der Waals surface area (Å²) in [5, 5.41) is 29.5. The van der Waals surface area contributed by atoms with Crippen molar-refractivity contribution in [3.05, 3.63) is 39.4 Å². The lowest BCUT2D eigenvalue weighted by atomic mass is 10.0. The summed E-state index contributed by atoms with van der Waals surface area (Å²) in [7, 11) is 0. The van der Waals surface area contributed by atoms with Crippen LogP contribution in [0.3, 0.4) is 0 Å². The highest BCUT2D eigenvalue weighted by molar-refractivity contribution is 5.38. The van der Waals surface area contributed by atoms with Gasteiger partial charge in [-0.25, -0.2) is 4.39 Å². The van der Waals surface area contributed by atoms with Gasteiger partial charge in [-0.05, 0) is 13.0 Å². The largest absolute Gasteiger partial charge is 0.390 e. The minimum atomic E-state index is -1.70. The van der Waals surface area contributed by atoms with Crippen LogP contribution in [0.2, 0.25) is 0 Å². The molecule has 0 heterocycles. The van der Waals surface area contributed by atoms with E-state index >= 15 is 0 Å². The maximum absolute atomic E-state index is 13.4. The molecule has 1 aromatic rings. The molecule has 0 saturated heterocycles. The Hall–Kier alpha value is -1.64. The molecule has 0 aliphatic carbocycles. The molecule has 8 heteroatoms. The first-order valence-electron chi connectivity index (χ1n) is 5.08. The minimum Gasteiger partial charge on any atom is -0.390 e. The van der Waals surface area contributed by atoms with Crippen LogP contribution in [-0.2, 0) is 0 Å². The zero-order valence-corrected chi connectivity index (χ0v) is 9.22. The number of rotatable bonds is 5. The van der Waals surface area contributed by atoms with Crippen LogP contribution in [0.15, 0.2) is 12.1 Å². The third-order valence-electron chi connectivity index (χ3n) is 2.41. The van der Waals surface area contributed by atoms with Gasteiger partial charge in [0.1, 0.15) is 11.9 Å². The molecule has 0 radical (unpaired) electrons. The minimum absolute atomic E-state index is 0.0220. The second-order valence-electron chi connectivity index (χ2n) is 3.67. The van der Waals surface area contributed by atoms with Crippen LogP contribution < -0.4 is 5.73 Å². The lowest BCUT2D eigenvalue weighted by molar-refractivity contribution is -0.387. The molecule has 0 aliphatic heterocycles. The lowest BCUT2D eigenvalue weighted by Gasteiger charge is -2.17. The SMILES string of the molecule is NCCC(O)C(O)c1cc([N+](=O)[O-])c(F)cc1F. The maximum Gasteiger partial charge on any atom is 0.305 e. The van der Waals surface area contributed by atoms with E-state index in [2.05, 4.69) is 0 Å². The van der Waals surface area contributed by atoms with E-state index in [1.165, 1.54) is 0 Å². The van der Waals surface area contributed by atoms with E-state index in [-0.39, 0.29) is 13.0 Å². The molecular weight excluding hydrogens is 250 g/mol. The Morgan fingerprint density at radius 2 is 1.94 bits per heavy atom. The topological polar surface area (TPSA) is 110 Å². The second kappa shape index (κ2) is 5.80. The Morgan fingerprint density at radius 3 is 2.44 bits per heavy atom. The molecule has 1 aromatic carbocycles. The Bertz CT molecular complexity index is 456. The van der Waals surface area contributed by atoms with Gasteiger partial charge in [-0.1, -0.05) is 0 Å². The zero-order valence-electron chi connectivity index (χ0n) is 9.22. The fraction of sp³-hybridized carbons (Fsp3) is 0.400. The molecule has 1 rings (SSSR count). The molecular formula is C10H12F2N2O4. The van der Waals surface area contributed by atoms with Crippen molar-refractivity contribution in [2.24, 2.45) is 5.73 Å². The van der Waals surface area contributed by atoms with Crippen molar-refractivity contribution in [2.45, 2.75) is 18.6 Å². The number of nitrogens with zero attached hydrogens (tertiary/aromatic N) is 1. The molecule has 100 valence electrons. The van der Waals surface area contributed by atoms with Gasteiger partial charge in [0.25, 0.3) is 0 Å². The number of nitrogens with two attached hydrogens (primary N) is 1. The first-order valence-corrected chi connectivity index (χ1v) is 5.08. The Morgan fingerprint density at radius 1 is 1.33 bits per heavy atom. The Kier molecular flexibility index (Phi) is 4.65. The van der Waals surface area contributed by atoms with E-state index in [1.807, 2.05) is 0 Å². The number of benzene rings is 1. The molecule has 18 heavy (non-hydrogen) atoms. The van der Waals surface area contributed by atoms with Crippen molar-refractivity contribution in [3.8, 4) is 0 Å². The first kappa shape index (κ1) is 14.4. The molecule has 2 atom stereocenters. The Labute approximate surface area is 101 Å². The van der Waals surface area contributed by atoms with E-state index < -0.39 is 40.0 Å². The average Bonchev–Trinajstić information content (AvgIpc) is 2.28. The van der Waals surface area contributed by atoms with Gasteiger partial charge in [0, 0.05) is 17.7 Å². The third-order valence-corrected chi connectivity index (χ3v) is 2.41. The number of nitro groups is 1. The van der Waals surface area contributed by atoms with Crippen molar-refractivity contribution in [1.82, 2.24) is 0 Å². The van der Waals surface area contributed by atoms with Crippen LogP contribution in [0.1, 0.15) is 18.1 Å². The van der Waals surface area contributed by atoms with E-state index in [0.717, 1.165) is 0 Å². The predicted octanol–water partition coefficient (Wildman–Crippen LogP) is 0.616. The van der Waals surface area contributed by atoms with Crippen molar-refractivity contribution in [1.29, 1.82) is 0 Å². The summed E-state index contributed by atoms with van der Waals surface area (Å²) < 4.78 is 26.4. The van der Waals surface area contributed by atoms with Crippen LogP contribution in [0.25, 0.3) is 0 Å². The highest BCUT2D eigenvalue weighted by atomic mass is 19.1. The number of hydrogen-bond donors (Lipinski definition) is 3. The summed E-state index contributed by atoms with van der Waals surface area (Å²) in [6.07, 6.45) is -3.10. The molecule has 0 aromatic heterocycles. The lowest BCUT2D eigenvalue weighted by Crippen LogP contribution is -2.22. The molecule has 0 fully saturated rings. The van der Waals surface area contributed by atoms with Crippen LogP contribution in [0, 0.1) is 21.7 Å². The van der Waals surface area contributed by atoms with Crippen LogP contribution in [0.4, 0.5) is 14.5 Å². The van der Waals surface area contributed by atoms with Crippen LogP contribution >= 0.6 is 0 Å². The van der Waals surface area contributed by atoms with Gasteiger partial charge in [-0.3, -0.25) is 10.1 Å². The first-order chi connectivity index (χ1) is 8.38. The normalized spacial score (nSPS) is 14.3. The summed E-state index contributed by atoms with van der Waals surface area (Å²) in [5.41, 5.74) is 3.65. The summed E-state index contributed by atoms with van der Waals surface area (Å²) in [6.45, 7) is 0.0448. The quantitative estimate of drug-likeness (QED) is 0.532. The van der Waals surface area contributed by atoms with Gasteiger partial charge in [-0.2, -0.15) is 4.39 Å². The fourth-order valence-corrected chi connectivity index (χ4v) is 1.46. The molecule has 0 bridgehead atoms. The number of aliphatic hydroxyl groups excluding tert-OH is 2. The summed E-state index contributed by atoms with van der Waals surface area (Å²) in [4.78, 5) is 9.44. The number of aliphatic hydroxyl groups is 2. The van der Waals surface area contributed by atoms with Crippen LogP contribution in [0.5, 0.6) is 0 Å². The average molecular weight is 262 g/mol. The smallest absolute Gasteiger partial charge is 0.305 e. The van der Waals surface area contributed by atoms with Crippen molar-refractivity contribution >= 4 is 5.69 Å². The van der Waals surface area contributed by atoms with Gasteiger partial charge < -0.3 is 15.9 Å². The fourth-order valence-electron chi connectivity index (χ4n) is 1.46. The molecule has 0 spiro atoms. The zero-order chi connectivity index (χ0) is 13.9. The van der Waals surface area contributed by atoms with E-state index in [9.17, 15) is 29.1 Å². The monoisotopic (exact) mass is 262 g/mol. The van der Waals surface area contributed by atoms with E-state index in [0.29, 0.717) is 12.1 Å². The molecule has 2 unspecified atom stereocenters. The van der Waals surface area contributed by atoms with Crippen molar-refractivity contribution in [3.63, 3.8) is 0 Å². The van der Waals surface area contributed by atoms with E-state index in [1.54, 1.807) is 0 Å². The van der Waals surface area contributed by atoms with Gasteiger partial charge in [0.05, 0.1) is 11.0 Å². The third kappa shape index (κ3) is 2.97. The predicted molar refractivity (Wildman–Crippen MR) is 57.7 cm³/mol. The molecule has 0 amide bonds. The Balaban J connectivity index is 3.15. The standard InChI is InChI=1S/C10H12F2N2O4/c11-6-4-7(12)8(14(17)18)3-5(6)10(16)9(15)1-2-13/h3-4,9-10,15-16H,1-2,13H2. The molecule has 0 aliphatic rings. The van der Waals surface area contributed by atoms with Gasteiger partial charge in [0.15, 0.2) is 0 Å². The summed E-state index contributed by atoms with van der Waals surface area (Å²) in [5.74, 6) is -2.51. The number of halogens is 2. The summed E-state index contributed by atoms with van der Waals surface area (Å²) >= 11 is 0. The maximum atomic E-state index is 13.4. The molecule has 4 N–H and O–H groups in total. The van der Waals surface area contributed by atoms with Crippen LogP contribution in [-0.4, -0.2) is 27.8 Å². The van der Waals surface area contributed by atoms with Crippen molar-refractivity contribution in [2.75, 3.05) is 6.54 Å². The van der Waals surface area contributed by atoms with Crippen molar-refractivity contribution < 1.29 is 23.9 Å². The highest BCUT2D eigenvalue weighted by Gasteiger charge is 2.26. The van der Waals surface area contributed by atoms with Gasteiger partial charge >= 0.3 is 5.69 Å². The highest BCUT2D eigenvalue weighted by Crippen LogP contribution is 2.28. The van der Waals surface area contributed by atoms with Gasteiger partial charge in [0.2, 0.25) is 5.82 Å². The van der Waals surface area contributed by atoms with Gasteiger partial charge in [-0.15, -0.1) is 0 Å². The number of hydrogen-bond acceptors (Lipinski definition) is 5. The molecule has 6 nitrogen and oxygen atoms in total. The van der Waals surface area contributed by atoms with E-state index in [4.69, 9.17) is 5.73 Å². The second-order valence-corrected chi connectivity index (χ2v) is 3.67. The molecule has 0 saturated carbocycles. The summed E-state index contributed by atoms with van der Waals surface area (Å²) in [6, 6.07) is 0.862. The number of nitro benzene ring substituents is 1.